The smallest absolute Gasteiger partial charge is 0.131 e. The zero-order valence-corrected chi connectivity index (χ0v) is 13.2. The summed E-state index contributed by atoms with van der Waals surface area (Å²) in [6.45, 7) is 6.21. The highest BCUT2D eigenvalue weighted by Gasteiger charge is 2.18. The van der Waals surface area contributed by atoms with Crippen LogP contribution in [0.5, 0.6) is 0 Å². The van der Waals surface area contributed by atoms with E-state index in [0.717, 1.165) is 48.7 Å². The molecule has 3 rings (SSSR count). The molecule has 2 aromatic rings. The number of rotatable bonds is 3. The molecular formula is C18H23N3O. The minimum atomic E-state index is -0.617. The average molecular weight is 297 g/mol. The Labute approximate surface area is 132 Å². The summed E-state index contributed by atoms with van der Waals surface area (Å²) in [5.41, 5.74) is 2.87. The first-order valence-electron chi connectivity index (χ1n) is 7.78. The summed E-state index contributed by atoms with van der Waals surface area (Å²) in [6.07, 6.45) is 1.19. The monoisotopic (exact) mass is 297 g/mol. The van der Waals surface area contributed by atoms with Crippen LogP contribution in [-0.2, 0) is 0 Å². The molecule has 4 heteroatoms. The molecule has 0 saturated carbocycles. The molecule has 1 fully saturated rings. The van der Waals surface area contributed by atoms with Gasteiger partial charge in [-0.05, 0) is 31.2 Å². The van der Waals surface area contributed by atoms with Gasteiger partial charge in [-0.3, -0.25) is 0 Å². The Kier molecular flexibility index (Phi) is 4.41. The molecule has 22 heavy (non-hydrogen) atoms. The molecule has 2 heterocycles. The topological polar surface area (TPSA) is 39.6 Å². The van der Waals surface area contributed by atoms with E-state index in [2.05, 4.69) is 34.8 Å². The number of pyridine rings is 1. The molecular weight excluding hydrogens is 274 g/mol. The third kappa shape index (κ3) is 3.13. The number of hydrogen-bond donors (Lipinski definition) is 1. The van der Waals surface area contributed by atoms with E-state index in [1.165, 1.54) is 0 Å². The van der Waals surface area contributed by atoms with E-state index in [1.54, 1.807) is 6.20 Å². The van der Waals surface area contributed by atoms with Crippen LogP contribution in [0.1, 0.15) is 22.8 Å². The lowest BCUT2D eigenvalue weighted by molar-refractivity contribution is 0.220. The van der Waals surface area contributed by atoms with E-state index < -0.39 is 6.10 Å². The lowest BCUT2D eigenvalue weighted by atomic mass is 10.0. The number of aryl methyl sites for hydroxylation is 1. The van der Waals surface area contributed by atoms with Gasteiger partial charge in [-0.1, -0.05) is 30.3 Å². The minimum Gasteiger partial charge on any atom is -0.384 e. The second kappa shape index (κ2) is 6.46. The number of hydrogen-bond acceptors (Lipinski definition) is 4. The Morgan fingerprint density at radius 2 is 1.73 bits per heavy atom. The van der Waals surface area contributed by atoms with Crippen LogP contribution >= 0.6 is 0 Å². The van der Waals surface area contributed by atoms with Gasteiger partial charge < -0.3 is 14.9 Å². The molecule has 1 aromatic heterocycles. The van der Waals surface area contributed by atoms with Gasteiger partial charge in [0.2, 0.25) is 0 Å². The first-order valence-corrected chi connectivity index (χ1v) is 7.78. The highest BCUT2D eigenvalue weighted by molar-refractivity contribution is 5.48. The molecule has 0 unspecified atom stereocenters. The summed E-state index contributed by atoms with van der Waals surface area (Å²) in [5, 5.41) is 10.5. The molecule has 116 valence electrons. The summed E-state index contributed by atoms with van der Waals surface area (Å²) in [4.78, 5) is 9.28. The van der Waals surface area contributed by atoms with Crippen molar-refractivity contribution in [1.82, 2.24) is 9.88 Å². The van der Waals surface area contributed by atoms with Crippen molar-refractivity contribution in [2.24, 2.45) is 0 Å². The van der Waals surface area contributed by atoms with Crippen molar-refractivity contribution in [3.8, 4) is 0 Å². The zero-order chi connectivity index (χ0) is 15.5. The van der Waals surface area contributed by atoms with E-state index in [1.807, 2.05) is 30.3 Å². The third-order valence-corrected chi connectivity index (χ3v) is 4.31. The number of piperazine rings is 1. The van der Waals surface area contributed by atoms with E-state index >= 15 is 0 Å². The number of benzene rings is 1. The van der Waals surface area contributed by atoms with Crippen LogP contribution < -0.4 is 4.90 Å². The predicted molar refractivity (Wildman–Crippen MR) is 89.2 cm³/mol. The van der Waals surface area contributed by atoms with Crippen LogP contribution in [0.15, 0.2) is 42.6 Å². The molecule has 1 atom stereocenters. The van der Waals surface area contributed by atoms with Gasteiger partial charge in [0.1, 0.15) is 11.9 Å². The van der Waals surface area contributed by atoms with Gasteiger partial charge in [-0.15, -0.1) is 0 Å². The second-order valence-corrected chi connectivity index (χ2v) is 6.01. The summed E-state index contributed by atoms with van der Waals surface area (Å²) in [6, 6.07) is 11.8. The van der Waals surface area contributed by atoms with Gasteiger partial charge in [-0.2, -0.15) is 0 Å². The van der Waals surface area contributed by atoms with E-state index in [0.29, 0.717) is 0 Å². The van der Waals surface area contributed by atoms with Crippen LogP contribution in [-0.4, -0.2) is 48.2 Å². The highest BCUT2D eigenvalue weighted by atomic mass is 16.3. The number of aliphatic hydroxyl groups excluding tert-OH is 1. The van der Waals surface area contributed by atoms with E-state index in [9.17, 15) is 5.11 Å². The fourth-order valence-corrected chi connectivity index (χ4v) is 2.92. The van der Waals surface area contributed by atoms with Crippen molar-refractivity contribution in [2.75, 3.05) is 38.1 Å². The molecule has 1 aromatic carbocycles. The van der Waals surface area contributed by atoms with Crippen LogP contribution in [0.25, 0.3) is 0 Å². The fourth-order valence-electron chi connectivity index (χ4n) is 2.92. The first kappa shape index (κ1) is 15.0. The van der Waals surface area contributed by atoms with Crippen molar-refractivity contribution in [1.29, 1.82) is 0 Å². The number of aliphatic hydroxyl groups is 1. The van der Waals surface area contributed by atoms with Crippen molar-refractivity contribution in [3.63, 3.8) is 0 Å². The largest absolute Gasteiger partial charge is 0.384 e. The number of anilines is 1. The maximum absolute atomic E-state index is 10.5. The van der Waals surface area contributed by atoms with E-state index in [4.69, 9.17) is 0 Å². The van der Waals surface area contributed by atoms with Crippen molar-refractivity contribution < 1.29 is 5.11 Å². The van der Waals surface area contributed by atoms with Gasteiger partial charge in [0.15, 0.2) is 0 Å². The Bertz CT molecular complexity index is 621. The van der Waals surface area contributed by atoms with Crippen molar-refractivity contribution in [2.45, 2.75) is 13.0 Å². The number of aromatic nitrogens is 1. The molecule has 0 spiro atoms. The summed E-state index contributed by atoms with van der Waals surface area (Å²) >= 11 is 0. The predicted octanol–water partition coefficient (Wildman–Crippen LogP) is 2.22. The second-order valence-electron chi connectivity index (χ2n) is 6.01. The van der Waals surface area contributed by atoms with Gasteiger partial charge in [0.25, 0.3) is 0 Å². The maximum atomic E-state index is 10.5. The molecule has 4 nitrogen and oxygen atoms in total. The van der Waals surface area contributed by atoms with Gasteiger partial charge in [-0.25, -0.2) is 4.98 Å². The number of likely N-dealkylation sites (N-methyl/N-ethyl adjacent to an activating group) is 1. The van der Waals surface area contributed by atoms with Crippen LogP contribution in [0.3, 0.4) is 0 Å². The van der Waals surface area contributed by atoms with Crippen LogP contribution in [0.2, 0.25) is 0 Å². The molecule has 0 radical (unpaired) electrons. The van der Waals surface area contributed by atoms with Crippen molar-refractivity contribution in [3.05, 3.63) is 59.3 Å². The lowest BCUT2D eigenvalue weighted by Crippen LogP contribution is -2.45. The Balaban J connectivity index is 1.80. The molecule has 1 saturated heterocycles. The third-order valence-electron chi connectivity index (χ3n) is 4.31. The normalized spacial score (nSPS) is 17.5. The standard InChI is InChI=1S/C18H23N3O/c1-14-12-16(17(22)15-6-4-3-5-7-15)13-19-18(14)21-10-8-20(2)9-11-21/h3-7,12-13,17,22H,8-11H2,1-2H3/t17-/m1/s1. The highest BCUT2D eigenvalue weighted by Crippen LogP contribution is 2.26. The maximum Gasteiger partial charge on any atom is 0.131 e. The molecule has 0 bridgehead atoms. The molecule has 0 amide bonds. The quantitative estimate of drug-likeness (QED) is 0.943. The molecule has 1 aliphatic heterocycles. The lowest BCUT2D eigenvalue weighted by Gasteiger charge is -2.34. The fraction of sp³-hybridized carbons (Fsp3) is 0.389. The Hall–Kier alpha value is -1.91. The van der Waals surface area contributed by atoms with Gasteiger partial charge in [0, 0.05) is 37.9 Å². The summed E-state index contributed by atoms with van der Waals surface area (Å²) in [7, 11) is 2.15. The summed E-state index contributed by atoms with van der Waals surface area (Å²) in [5.74, 6) is 1.04. The summed E-state index contributed by atoms with van der Waals surface area (Å²) < 4.78 is 0. The molecule has 0 aliphatic carbocycles. The average Bonchev–Trinajstić information content (AvgIpc) is 2.56. The van der Waals surface area contributed by atoms with Crippen LogP contribution in [0.4, 0.5) is 5.82 Å². The Morgan fingerprint density at radius 1 is 1.05 bits per heavy atom. The molecule has 1 N–H and O–H groups in total. The first-order chi connectivity index (χ1) is 10.6. The van der Waals surface area contributed by atoms with Gasteiger partial charge in [0.05, 0.1) is 0 Å². The zero-order valence-electron chi connectivity index (χ0n) is 13.2. The van der Waals surface area contributed by atoms with Crippen molar-refractivity contribution >= 4 is 5.82 Å². The van der Waals surface area contributed by atoms with Crippen LogP contribution in [0, 0.1) is 6.92 Å². The SMILES string of the molecule is Cc1cc([C@H](O)c2ccccc2)cnc1N1CCN(C)CC1. The number of nitrogens with zero attached hydrogens (tertiary/aromatic N) is 3. The van der Waals surface area contributed by atoms with Gasteiger partial charge >= 0.3 is 0 Å². The van der Waals surface area contributed by atoms with E-state index in [-0.39, 0.29) is 0 Å². The Morgan fingerprint density at radius 3 is 2.36 bits per heavy atom. The minimum absolute atomic E-state index is 0.617. The molecule has 1 aliphatic rings.